The topological polar surface area (TPSA) is 25.8 Å². The zero-order valence-corrected chi connectivity index (χ0v) is 14.4. The van der Waals surface area contributed by atoms with E-state index >= 15 is 0 Å². The molecule has 0 bridgehead atoms. The fourth-order valence-electron chi connectivity index (χ4n) is 4.38. The summed E-state index contributed by atoms with van der Waals surface area (Å²) in [6.45, 7) is 0. The lowest BCUT2D eigenvalue weighted by molar-refractivity contribution is 0.585. The zero-order chi connectivity index (χ0) is 16.6. The van der Waals surface area contributed by atoms with Crippen LogP contribution in [0, 0.1) is 11.8 Å². The molecule has 1 unspecified atom stereocenters. The monoisotopic (exact) mass is 326 g/mol. The first kappa shape index (κ1) is 14.8. The Morgan fingerprint density at radius 1 is 0.600 bits per heavy atom. The van der Waals surface area contributed by atoms with E-state index in [9.17, 15) is 0 Å². The Bertz CT molecular complexity index is 812. The summed E-state index contributed by atoms with van der Waals surface area (Å²) in [6.07, 6.45) is 6.30. The Hall–Kier alpha value is -2.48. The highest BCUT2D eigenvalue weighted by atomic mass is 15.1. The molecule has 1 heterocycles. The third kappa shape index (κ3) is 2.76. The van der Waals surface area contributed by atoms with Gasteiger partial charge in [-0.3, -0.25) is 0 Å². The summed E-state index contributed by atoms with van der Waals surface area (Å²) in [6, 6.07) is 21.1. The van der Waals surface area contributed by atoms with Gasteiger partial charge in [0.05, 0.1) is 11.4 Å². The highest BCUT2D eigenvalue weighted by Crippen LogP contribution is 2.48. The maximum absolute atomic E-state index is 4.70. The molecule has 2 aromatic carbocycles. The molecule has 1 aromatic heterocycles. The van der Waals surface area contributed by atoms with Crippen LogP contribution in [0.4, 0.5) is 0 Å². The molecule has 0 saturated heterocycles. The van der Waals surface area contributed by atoms with Gasteiger partial charge < -0.3 is 0 Å². The lowest BCUT2D eigenvalue weighted by Gasteiger charge is -2.19. The maximum atomic E-state index is 4.70. The Labute approximate surface area is 148 Å². The van der Waals surface area contributed by atoms with E-state index in [1.165, 1.54) is 41.5 Å². The fourth-order valence-corrected chi connectivity index (χ4v) is 4.38. The van der Waals surface area contributed by atoms with Crippen LogP contribution in [-0.2, 0) is 12.8 Å². The van der Waals surface area contributed by atoms with Crippen molar-refractivity contribution in [3.63, 3.8) is 0 Å². The Morgan fingerprint density at radius 2 is 1.04 bits per heavy atom. The molecule has 5 rings (SSSR count). The molecule has 0 spiro atoms. The van der Waals surface area contributed by atoms with Gasteiger partial charge in [-0.15, -0.1) is 10.2 Å². The van der Waals surface area contributed by atoms with Crippen LogP contribution in [0.2, 0.25) is 0 Å². The molecule has 1 fully saturated rings. The van der Waals surface area contributed by atoms with Crippen LogP contribution in [-0.4, -0.2) is 10.2 Å². The van der Waals surface area contributed by atoms with Gasteiger partial charge in [-0.1, -0.05) is 60.7 Å². The highest BCUT2D eigenvalue weighted by Gasteiger charge is 2.38. The van der Waals surface area contributed by atoms with Crippen molar-refractivity contribution in [3.05, 3.63) is 71.8 Å². The van der Waals surface area contributed by atoms with E-state index in [1.54, 1.807) is 0 Å². The summed E-state index contributed by atoms with van der Waals surface area (Å²) in [7, 11) is 0. The summed E-state index contributed by atoms with van der Waals surface area (Å²) in [5.41, 5.74) is 7.44. The molecule has 1 saturated carbocycles. The maximum Gasteiger partial charge on any atom is 0.0964 e. The second-order valence-corrected chi connectivity index (χ2v) is 7.42. The molecule has 0 N–H and O–H groups in total. The molecule has 2 heteroatoms. The van der Waals surface area contributed by atoms with E-state index in [2.05, 4.69) is 60.7 Å². The van der Waals surface area contributed by atoms with Gasteiger partial charge in [0.1, 0.15) is 0 Å². The second kappa shape index (κ2) is 6.11. The molecule has 2 atom stereocenters. The SMILES string of the molecule is c1ccc(-c2nnc(-c3ccccc3)c3c2CCC2C[C@@H]2CC3)cc1. The highest BCUT2D eigenvalue weighted by molar-refractivity contribution is 5.71. The van der Waals surface area contributed by atoms with Gasteiger partial charge in [0, 0.05) is 11.1 Å². The molecule has 124 valence electrons. The largest absolute Gasteiger partial charge is 0.150 e. The third-order valence-electron chi connectivity index (χ3n) is 5.88. The minimum absolute atomic E-state index is 0.949. The van der Waals surface area contributed by atoms with Gasteiger partial charge in [-0.2, -0.15) is 0 Å². The van der Waals surface area contributed by atoms with Crippen LogP contribution in [0.3, 0.4) is 0 Å². The molecular formula is C23H22N2. The molecular weight excluding hydrogens is 304 g/mol. The van der Waals surface area contributed by atoms with Gasteiger partial charge in [-0.05, 0) is 55.1 Å². The van der Waals surface area contributed by atoms with Gasteiger partial charge in [0.25, 0.3) is 0 Å². The molecule has 3 aromatic rings. The van der Waals surface area contributed by atoms with Crippen molar-refractivity contribution in [2.24, 2.45) is 11.8 Å². The predicted molar refractivity (Wildman–Crippen MR) is 101 cm³/mol. The Balaban J connectivity index is 1.69. The standard InChI is InChI=1S/C23H22N2/c1-3-7-16(8-4-1)22-20-13-11-18-15-19(18)12-14-21(20)23(25-24-22)17-9-5-2-6-10-17/h1-10,18-19H,11-15H2/t18-,19?/m0/s1. The minimum Gasteiger partial charge on any atom is -0.150 e. The number of rotatable bonds is 2. The van der Waals surface area contributed by atoms with E-state index in [1.807, 2.05) is 0 Å². The number of nitrogens with zero attached hydrogens (tertiary/aromatic N) is 2. The number of aromatic nitrogens is 2. The van der Waals surface area contributed by atoms with E-state index in [4.69, 9.17) is 10.2 Å². The van der Waals surface area contributed by atoms with Crippen molar-refractivity contribution in [3.8, 4) is 22.5 Å². The average molecular weight is 326 g/mol. The van der Waals surface area contributed by atoms with Crippen LogP contribution in [0.1, 0.15) is 30.4 Å². The number of fused-ring (bicyclic) bond motifs is 2. The molecule has 2 nitrogen and oxygen atoms in total. The van der Waals surface area contributed by atoms with Crippen LogP contribution in [0.25, 0.3) is 22.5 Å². The van der Waals surface area contributed by atoms with E-state index in [0.717, 1.165) is 36.1 Å². The van der Waals surface area contributed by atoms with Crippen LogP contribution >= 0.6 is 0 Å². The fraction of sp³-hybridized carbons (Fsp3) is 0.304. The molecule has 0 amide bonds. The first-order valence-electron chi connectivity index (χ1n) is 9.39. The molecule has 2 aliphatic rings. The van der Waals surface area contributed by atoms with E-state index in [-0.39, 0.29) is 0 Å². The van der Waals surface area contributed by atoms with Crippen molar-refractivity contribution in [2.75, 3.05) is 0 Å². The Morgan fingerprint density at radius 3 is 1.48 bits per heavy atom. The van der Waals surface area contributed by atoms with Crippen molar-refractivity contribution in [1.29, 1.82) is 0 Å². The number of hydrogen-bond donors (Lipinski definition) is 0. The normalized spacial score (nSPS) is 21.6. The quantitative estimate of drug-likeness (QED) is 0.636. The van der Waals surface area contributed by atoms with Crippen molar-refractivity contribution in [1.82, 2.24) is 10.2 Å². The lowest BCUT2D eigenvalue weighted by Crippen LogP contribution is -2.09. The average Bonchev–Trinajstić information content (AvgIpc) is 3.41. The van der Waals surface area contributed by atoms with Gasteiger partial charge in [0.2, 0.25) is 0 Å². The third-order valence-corrected chi connectivity index (χ3v) is 5.88. The zero-order valence-electron chi connectivity index (χ0n) is 14.4. The Kier molecular flexibility index (Phi) is 3.62. The van der Waals surface area contributed by atoms with Gasteiger partial charge in [-0.25, -0.2) is 0 Å². The molecule has 0 radical (unpaired) electrons. The molecule has 2 aliphatic carbocycles. The van der Waals surface area contributed by atoms with Crippen LogP contribution in [0.5, 0.6) is 0 Å². The smallest absolute Gasteiger partial charge is 0.0964 e. The second-order valence-electron chi connectivity index (χ2n) is 7.42. The van der Waals surface area contributed by atoms with Crippen LogP contribution in [0.15, 0.2) is 60.7 Å². The van der Waals surface area contributed by atoms with E-state index < -0.39 is 0 Å². The summed E-state index contributed by atoms with van der Waals surface area (Å²) >= 11 is 0. The molecule has 0 aliphatic heterocycles. The minimum atomic E-state index is 0.949. The summed E-state index contributed by atoms with van der Waals surface area (Å²) in [5.74, 6) is 1.90. The summed E-state index contributed by atoms with van der Waals surface area (Å²) < 4.78 is 0. The van der Waals surface area contributed by atoms with Gasteiger partial charge in [0.15, 0.2) is 0 Å². The van der Waals surface area contributed by atoms with Gasteiger partial charge >= 0.3 is 0 Å². The first-order valence-corrected chi connectivity index (χ1v) is 9.39. The summed E-state index contributed by atoms with van der Waals surface area (Å²) in [5, 5.41) is 9.40. The predicted octanol–water partition coefficient (Wildman–Crippen LogP) is 5.33. The van der Waals surface area contributed by atoms with Crippen molar-refractivity contribution >= 4 is 0 Å². The number of hydrogen-bond acceptors (Lipinski definition) is 2. The van der Waals surface area contributed by atoms with Crippen LogP contribution < -0.4 is 0 Å². The summed E-state index contributed by atoms with van der Waals surface area (Å²) in [4.78, 5) is 0. The van der Waals surface area contributed by atoms with E-state index in [0.29, 0.717) is 0 Å². The van der Waals surface area contributed by atoms with Crippen molar-refractivity contribution in [2.45, 2.75) is 32.1 Å². The lowest BCUT2D eigenvalue weighted by atomic mass is 9.88. The van der Waals surface area contributed by atoms with Crippen molar-refractivity contribution < 1.29 is 0 Å². The number of benzene rings is 2. The first-order chi connectivity index (χ1) is 12.4. The molecule has 25 heavy (non-hydrogen) atoms.